The molecule has 0 aliphatic carbocycles. The molecular formula is C14H9BrCl2N2O2S. The van der Waals surface area contributed by atoms with E-state index in [1.807, 2.05) is 0 Å². The largest absolute Gasteiger partial charge is 0.505 e. The third-order valence-electron chi connectivity index (χ3n) is 2.62. The number of phenolic OH excluding ortho intramolecular Hbond substituents is 1. The van der Waals surface area contributed by atoms with Crippen molar-refractivity contribution in [2.24, 2.45) is 0 Å². The van der Waals surface area contributed by atoms with Crippen molar-refractivity contribution in [3.63, 3.8) is 0 Å². The van der Waals surface area contributed by atoms with E-state index in [-0.39, 0.29) is 26.8 Å². The van der Waals surface area contributed by atoms with Gasteiger partial charge in [-0.2, -0.15) is 0 Å². The van der Waals surface area contributed by atoms with Crippen LogP contribution in [0.25, 0.3) is 0 Å². The summed E-state index contributed by atoms with van der Waals surface area (Å²) < 4.78 is 0.658. The van der Waals surface area contributed by atoms with E-state index in [4.69, 9.17) is 35.4 Å². The summed E-state index contributed by atoms with van der Waals surface area (Å²) in [5, 5.41) is 15.0. The number of halogens is 3. The van der Waals surface area contributed by atoms with E-state index in [2.05, 4.69) is 26.6 Å². The highest BCUT2D eigenvalue weighted by Gasteiger charge is 2.12. The average Bonchev–Trinajstić information content (AvgIpc) is 2.44. The molecule has 0 aliphatic rings. The van der Waals surface area contributed by atoms with Crippen LogP contribution in [0.2, 0.25) is 10.0 Å². The second kappa shape index (κ2) is 7.28. The van der Waals surface area contributed by atoms with E-state index in [0.717, 1.165) is 0 Å². The van der Waals surface area contributed by atoms with Crippen LogP contribution < -0.4 is 10.6 Å². The zero-order valence-corrected chi connectivity index (χ0v) is 14.8. The number of phenols is 1. The van der Waals surface area contributed by atoms with E-state index in [1.165, 1.54) is 12.1 Å². The minimum absolute atomic E-state index is 0.0786. The number of aromatic hydroxyl groups is 1. The van der Waals surface area contributed by atoms with Gasteiger partial charge in [0.1, 0.15) is 0 Å². The number of thiocarbonyl (C=S) groups is 1. The summed E-state index contributed by atoms with van der Waals surface area (Å²) in [6.07, 6.45) is 0. The first-order valence-electron chi connectivity index (χ1n) is 5.93. The van der Waals surface area contributed by atoms with Gasteiger partial charge in [-0.25, -0.2) is 0 Å². The van der Waals surface area contributed by atoms with Crippen LogP contribution in [0.5, 0.6) is 5.75 Å². The standard InChI is InChI=1S/C14H9BrCl2N2O2S/c15-9-4-2-1-3-8(9)13(21)19-14(22)18-7-5-10(16)12(20)11(17)6-7/h1-6,20H,(H2,18,19,21,22). The van der Waals surface area contributed by atoms with E-state index in [9.17, 15) is 9.90 Å². The van der Waals surface area contributed by atoms with Gasteiger partial charge in [0.25, 0.3) is 5.91 Å². The molecule has 2 aromatic rings. The number of carbonyl (C=O) groups excluding carboxylic acids is 1. The lowest BCUT2D eigenvalue weighted by Crippen LogP contribution is -2.34. The molecule has 114 valence electrons. The molecule has 0 aliphatic heterocycles. The molecule has 3 N–H and O–H groups in total. The predicted octanol–water partition coefficient (Wildman–Crippen LogP) is 4.59. The molecule has 4 nitrogen and oxygen atoms in total. The molecule has 22 heavy (non-hydrogen) atoms. The lowest BCUT2D eigenvalue weighted by molar-refractivity contribution is 0.0977. The van der Waals surface area contributed by atoms with Crippen molar-refractivity contribution >= 4 is 68.1 Å². The van der Waals surface area contributed by atoms with Crippen molar-refractivity contribution in [3.8, 4) is 5.75 Å². The molecule has 8 heteroatoms. The molecule has 2 rings (SSSR count). The van der Waals surface area contributed by atoms with E-state index >= 15 is 0 Å². The highest BCUT2D eigenvalue weighted by Crippen LogP contribution is 2.34. The number of benzene rings is 2. The molecule has 0 radical (unpaired) electrons. The van der Waals surface area contributed by atoms with Crippen LogP contribution in [-0.4, -0.2) is 16.1 Å². The lowest BCUT2D eigenvalue weighted by atomic mass is 10.2. The third-order valence-corrected chi connectivity index (χ3v) is 4.09. The highest BCUT2D eigenvalue weighted by atomic mass is 79.9. The van der Waals surface area contributed by atoms with E-state index in [1.54, 1.807) is 24.3 Å². The molecule has 0 unspecified atom stereocenters. The molecule has 0 aromatic heterocycles. The van der Waals surface area contributed by atoms with Gasteiger partial charge in [0.2, 0.25) is 0 Å². The van der Waals surface area contributed by atoms with Crippen molar-refractivity contribution in [2.45, 2.75) is 0 Å². The molecule has 0 bridgehead atoms. The lowest BCUT2D eigenvalue weighted by Gasteiger charge is -2.11. The first-order valence-corrected chi connectivity index (χ1v) is 7.89. The Kier molecular flexibility index (Phi) is 5.63. The molecular weight excluding hydrogens is 411 g/mol. The average molecular weight is 420 g/mol. The minimum atomic E-state index is -0.360. The summed E-state index contributed by atoms with van der Waals surface area (Å²) in [7, 11) is 0. The van der Waals surface area contributed by atoms with Crippen molar-refractivity contribution < 1.29 is 9.90 Å². The fourth-order valence-corrected chi connectivity index (χ4v) is 2.78. The third kappa shape index (κ3) is 4.10. The summed E-state index contributed by atoms with van der Waals surface area (Å²) in [6, 6.07) is 9.86. The number of rotatable bonds is 2. The number of nitrogens with one attached hydrogen (secondary N) is 2. The first-order chi connectivity index (χ1) is 10.4. The van der Waals surface area contributed by atoms with Gasteiger partial charge in [-0.1, -0.05) is 35.3 Å². The Balaban J connectivity index is 2.08. The quantitative estimate of drug-likeness (QED) is 0.492. The highest BCUT2D eigenvalue weighted by molar-refractivity contribution is 9.10. The van der Waals surface area contributed by atoms with Crippen molar-refractivity contribution in [2.75, 3.05) is 5.32 Å². The Bertz CT molecular complexity index is 732. The van der Waals surface area contributed by atoms with Crippen LogP contribution in [0.3, 0.4) is 0 Å². The number of anilines is 1. The summed E-state index contributed by atoms with van der Waals surface area (Å²) in [5.41, 5.74) is 0.902. The zero-order chi connectivity index (χ0) is 16.3. The van der Waals surface area contributed by atoms with Crippen molar-refractivity contribution in [1.29, 1.82) is 0 Å². The van der Waals surface area contributed by atoms with Crippen LogP contribution in [0, 0.1) is 0 Å². The molecule has 0 heterocycles. The molecule has 1 amide bonds. The number of hydrogen-bond donors (Lipinski definition) is 3. The van der Waals surface area contributed by atoms with Crippen LogP contribution in [0.1, 0.15) is 10.4 Å². The Hall–Kier alpha value is -1.34. The molecule has 0 fully saturated rings. The van der Waals surface area contributed by atoms with Gasteiger partial charge in [-0.15, -0.1) is 0 Å². The Morgan fingerprint density at radius 2 is 1.77 bits per heavy atom. The second-order valence-corrected chi connectivity index (χ2v) is 6.25. The van der Waals surface area contributed by atoms with Gasteiger partial charge in [0.05, 0.1) is 15.6 Å². The zero-order valence-electron chi connectivity index (χ0n) is 10.9. The smallest absolute Gasteiger partial charge is 0.258 e. The maximum Gasteiger partial charge on any atom is 0.258 e. The fraction of sp³-hybridized carbons (Fsp3) is 0. The fourth-order valence-electron chi connectivity index (χ4n) is 1.62. The Labute approximate surface area is 150 Å². The van der Waals surface area contributed by atoms with Gasteiger partial charge in [0.15, 0.2) is 10.9 Å². The maximum atomic E-state index is 12.1. The topological polar surface area (TPSA) is 61.4 Å². The number of hydrogen-bond acceptors (Lipinski definition) is 3. The Morgan fingerprint density at radius 3 is 2.36 bits per heavy atom. The minimum Gasteiger partial charge on any atom is -0.505 e. The molecule has 0 atom stereocenters. The van der Waals surface area contributed by atoms with Crippen LogP contribution in [0.15, 0.2) is 40.9 Å². The van der Waals surface area contributed by atoms with Crippen LogP contribution >= 0.6 is 51.3 Å². The molecule has 0 spiro atoms. The van der Waals surface area contributed by atoms with Crippen LogP contribution in [-0.2, 0) is 0 Å². The summed E-state index contributed by atoms with van der Waals surface area (Å²) in [4.78, 5) is 12.1. The summed E-state index contributed by atoms with van der Waals surface area (Å²) in [6.45, 7) is 0. The Morgan fingerprint density at radius 1 is 1.18 bits per heavy atom. The second-order valence-electron chi connectivity index (χ2n) is 4.18. The first kappa shape index (κ1) is 17.0. The van der Waals surface area contributed by atoms with Gasteiger partial charge < -0.3 is 10.4 Å². The van der Waals surface area contributed by atoms with E-state index < -0.39 is 0 Å². The number of carbonyl (C=O) groups is 1. The van der Waals surface area contributed by atoms with Gasteiger partial charge in [0, 0.05) is 10.2 Å². The molecule has 2 aromatic carbocycles. The van der Waals surface area contributed by atoms with Crippen molar-refractivity contribution in [1.82, 2.24) is 5.32 Å². The normalized spacial score (nSPS) is 10.1. The predicted molar refractivity (Wildman–Crippen MR) is 96.0 cm³/mol. The van der Waals surface area contributed by atoms with Crippen LogP contribution in [0.4, 0.5) is 5.69 Å². The monoisotopic (exact) mass is 418 g/mol. The van der Waals surface area contributed by atoms with Gasteiger partial charge in [-0.05, 0) is 52.4 Å². The van der Waals surface area contributed by atoms with Gasteiger partial charge in [-0.3, -0.25) is 10.1 Å². The number of amides is 1. The maximum absolute atomic E-state index is 12.1. The van der Waals surface area contributed by atoms with Gasteiger partial charge >= 0.3 is 0 Å². The SMILES string of the molecule is O=C(NC(=S)Nc1cc(Cl)c(O)c(Cl)c1)c1ccccc1Br. The summed E-state index contributed by atoms with van der Waals surface area (Å²) in [5.74, 6) is -0.571. The summed E-state index contributed by atoms with van der Waals surface area (Å²) >= 11 is 20.0. The molecule has 0 saturated heterocycles. The molecule has 0 saturated carbocycles. The van der Waals surface area contributed by atoms with Crippen molar-refractivity contribution in [3.05, 3.63) is 56.5 Å². The van der Waals surface area contributed by atoms with E-state index in [0.29, 0.717) is 15.7 Å².